The molecule has 11 heavy (non-hydrogen) atoms. The quantitative estimate of drug-likeness (QED) is 0.578. The highest BCUT2D eigenvalue weighted by Crippen LogP contribution is 2.16. The molecule has 1 unspecified atom stereocenters. The van der Waals surface area contributed by atoms with Crippen LogP contribution >= 0.6 is 24.4 Å². The van der Waals surface area contributed by atoms with Gasteiger partial charge < -0.3 is 4.90 Å². The van der Waals surface area contributed by atoms with Crippen molar-refractivity contribution in [2.24, 2.45) is 5.92 Å². The van der Waals surface area contributed by atoms with Gasteiger partial charge in [0.1, 0.15) is 0 Å². The monoisotopic (exact) mass is 187 g/mol. The summed E-state index contributed by atoms with van der Waals surface area (Å²) in [4.78, 5) is 4.42. The van der Waals surface area contributed by atoms with E-state index < -0.39 is 0 Å². The fourth-order valence-electron chi connectivity index (χ4n) is 1.36. The molecule has 0 aromatic carbocycles. The molecule has 0 amide bonds. The Morgan fingerprint density at radius 2 is 2.18 bits per heavy atom. The van der Waals surface area contributed by atoms with Crippen LogP contribution in [0.2, 0.25) is 0 Å². The summed E-state index contributed by atoms with van der Waals surface area (Å²) in [6, 6.07) is 0. The molecule has 0 N–H and O–H groups in total. The van der Waals surface area contributed by atoms with Crippen molar-refractivity contribution < 1.29 is 0 Å². The van der Waals surface area contributed by atoms with Crippen molar-refractivity contribution in [2.75, 3.05) is 13.1 Å². The largest absolute Gasteiger partial charge is 0.361 e. The molecule has 1 nitrogen and oxygen atoms in total. The van der Waals surface area contributed by atoms with Crippen LogP contribution < -0.4 is 0 Å². The lowest BCUT2D eigenvalue weighted by molar-refractivity contribution is 0.460. The Morgan fingerprint density at radius 3 is 2.73 bits per heavy atom. The third kappa shape index (κ3) is 1.97. The van der Waals surface area contributed by atoms with Gasteiger partial charge in [0.05, 0.1) is 4.99 Å². The Hall–Kier alpha value is -0.0200. The minimum absolute atomic E-state index is 0.478. The normalized spacial score (nSPS) is 26.0. The van der Waals surface area contributed by atoms with Gasteiger partial charge in [-0.3, -0.25) is 0 Å². The Bertz CT molecular complexity index is 189. The van der Waals surface area contributed by atoms with E-state index in [-0.39, 0.29) is 0 Å². The number of nitrogens with zero attached hydrogens (tertiary/aromatic N) is 1. The van der Waals surface area contributed by atoms with Gasteiger partial charge in [-0.15, -0.1) is 0 Å². The number of rotatable bonds is 1. The number of thiocarbonyl (C=S) groups is 2. The van der Waals surface area contributed by atoms with Crippen LogP contribution in [0.5, 0.6) is 0 Å². The summed E-state index contributed by atoms with van der Waals surface area (Å²) in [6.07, 6.45) is 1.00. The molecule has 1 fully saturated rings. The zero-order chi connectivity index (χ0) is 8.43. The molecule has 0 saturated carbocycles. The van der Waals surface area contributed by atoms with Crippen molar-refractivity contribution in [3.8, 4) is 0 Å². The van der Waals surface area contributed by atoms with Crippen LogP contribution in [0, 0.1) is 5.92 Å². The zero-order valence-electron chi connectivity index (χ0n) is 6.96. The minimum Gasteiger partial charge on any atom is -0.361 e. The van der Waals surface area contributed by atoms with E-state index in [2.05, 4.69) is 18.7 Å². The van der Waals surface area contributed by atoms with E-state index >= 15 is 0 Å². The highest BCUT2D eigenvalue weighted by Gasteiger charge is 2.22. The first-order valence-corrected chi connectivity index (χ1v) is 4.77. The van der Waals surface area contributed by atoms with Crippen LogP contribution in [0.15, 0.2) is 0 Å². The van der Waals surface area contributed by atoms with Crippen molar-refractivity contribution in [1.82, 2.24) is 4.90 Å². The fourth-order valence-corrected chi connectivity index (χ4v) is 2.05. The van der Waals surface area contributed by atoms with Crippen molar-refractivity contribution in [3.05, 3.63) is 0 Å². The Kier molecular flexibility index (Phi) is 2.96. The van der Waals surface area contributed by atoms with Crippen molar-refractivity contribution in [1.29, 1.82) is 0 Å². The molecule has 0 bridgehead atoms. The Balaban J connectivity index is 2.66. The number of hydrogen-bond acceptors (Lipinski definition) is 2. The molecule has 1 rings (SSSR count). The van der Waals surface area contributed by atoms with E-state index in [4.69, 9.17) is 24.4 Å². The van der Waals surface area contributed by atoms with Gasteiger partial charge in [0.25, 0.3) is 0 Å². The molecule has 1 atom stereocenters. The van der Waals surface area contributed by atoms with E-state index in [1.165, 1.54) is 0 Å². The maximum absolute atomic E-state index is 5.27. The molecule has 0 aliphatic carbocycles. The maximum Gasteiger partial charge on any atom is 0.0814 e. The third-order valence-corrected chi connectivity index (χ3v) is 2.97. The molecule has 0 spiro atoms. The number of piperidine rings is 1. The van der Waals surface area contributed by atoms with Crippen LogP contribution in [0.1, 0.15) is 20.3 Å². The van der Waals surface area contributed by atoms with Gasteiger partial charge in [-0.2, -0.15) is 0 Å². The SMILES string of the molecule is CCN1CC(=S)CC(C)C1=S. The molecule has 0 radical (unpaired) electrons. The molecule has 1 aliphatic rings. The average Bonchev–Trinajstić information content (AvgIpc) is 1.96. The van der Waals surface area contributed by atoms with Crippen LogP contribution in [-0.4, -0.2) is 27.8 Å². The van der Waals surface area contributed by atoms with Crippen LogP contribution in [0.3, 0.4) is 0 Å². The predicted molar refractivity (Wildman–Crippen MR) is 56.2 cm³/mol. The van der Waals surface area contributed by atoms with E-state index in [9.17, 15) is 0 Å². The summed E-state index contributed by atoms with van der Waals surface area (Å²) in [6.45, 7) is 6.15. The van der Waals surface area contributed by atoms with Gasteiger partial charge in [0, 0.05) is 23.9 Å². The Morgan fingerprint density at radius 1 is 1.55 bits per heavy atom. The van der Waals surface area contributed by atoms with Crippen molar-refractivity contribution in [3.63, 3.8) is 0 Å². The second-order valence-electron chi connectivity index (χ2n) is 3.00. The lowest BCUT2D eigenvalue weighted by Crippen LogP contribution is -2.42. The number of likely N-dealkylation sites (tertiary alicyclic amines) is 1. The number of hydrogen-bond donors (Lipinski definition) is 0. The Labute approximate surface area is 78.8 Å². The second-order valence-corrected chi connectivity index (χ2v) is 3.99. The minimum atomic E-state index is 0.478. The summed E-state index contributed by atoms with van der Waals surface area (Å²) < 4.78 is 0. The first kappa shape index (κ1) is 9.07. The third-order valence-electron chi connectivity index (χ3n) is 2.02. The molecule has 62 valence electrons. The molecular weight excluding hydrogens is 174 g/mol. The summed E-state index contributed by atoms with van der Waals surface area (Å²) in [7, 11) is 0. The predicted octanol–water partition coefficient (Wildman–Crippen LogP) is 2.05. The van der Waals surface area contributed by atoms with E-state index in [0.717, 1.165) is 29.4 Å². The topological polar surface area (TPSA) is 3.24 Å². The summed E-state index contributed by atoms with van der Waals surface area (Å²) in [5.74, 6) is 0.478. The van der Waals surface area contributed by atoms with Gasteiger partial charge in [-0.25, -0.2) is 0 Å². The fraction of sp³-hybridized carbons (Fsp3) is 0.750. The van der Waals surface area contributed by atoms with E-state index in [1.54, 1.807) is 0 Å². The van der Waals surface area contributed by atoms with Crippen molar-refractivity contribution in [2.45, 2.75) is 20.3 Å². The second kappa shape index (κ2) is 3.59. The van der Waals surface area contributed by atoms with Crippen molar-refractivity contribution >= 4 is 34.3 Å². The summed E-state index contributed by atoms with van der Waals surface area (Å²) in [5, 5.41) is 0. The molecule has 0 aromatic heterocycles. The van der Waals surface area contributed by atoms with Crippen LogP contribution in [0.25, 0.3) is 0 Å². The highest BCUT2D eigenvalue weighted by molar-refractivity contribution is 7.81. The highest BCUT2D eigenvalue weighted by atomic mass is 32.1. The molecule has 1 aliphatic heterocycles. The lowest BCUT2D eigenvalue weighted by atomic mass is 10.00. The van der Waals surface area contributed by atoms with Crippen LogP contribution in [0.4, 0.5) is 0 Å². The van der Waals surface area contributed by atoms with Gasteiger partial charge in [-0.05, 0) is 13.3 Å². The van der Waals surface area contributed by atoms with Crippen LogP contribution in [-0.2, 0) is 0 Å². The molecule has 1 heterocycles. The first-order valence-electron chi connectivity index (χ1n) is 3.95. The molecular formula is C8H13NS2. The summed E-state index contributed by atoms with van der Waals surface area (Å²) >= 11 is 10.4. The molecule has 3 heteroatoms. The molecule has 1 saturated heterocycles. The van der Waals surface area contributed by atoms with E-state index in [1.807, 2.05) is 0 Å². The maximum atomic E-state index is 5.27. The van der Waals surface area contributed by atoms with E-state index in [0.29, 0.717) is 5.92 Å². The summed E-state index contributed by atoms with van der Waals surface area (Å²) in [5.41, 5.74) is 0. The molecule has 0 aromatic rings. The van der Waals surface area contributed by atoms with Gasteiger partial charge in [0.15, 0.2) is 0 Å². The van der Waals surface area contributed by atoms with Gasteiger partial charge in [0.2, 0.25) is 0 Å². The average molecular weight is 187 g/mol. The zero-order valence-corrected chi connectivity index (χ0v) is 8.60. The first-order chi connectivity index (χ1) is 5.15. The standard InChI is InChI=1S/C8H13NS2/c1-3-9-5-7(10)4-6(2)8(9)11/h6H,3-5H2,1-2H3. The smallest absolute Gasteiger partial charge is 0.0814 e. The lowest BCUT2D eigenvalue weighted by Gasteiger charge is -2.32. The van der Waals surface area contributed by atoms with Gasteiger partial charge in [-0.1, -0.05) is 31.4 Å². The van der Waals surface area contributed by atoms with Gasteiger partial charge >= 0.3 is 0 Å².